The second-order valence-corrected chi connectivity index (χ2v) is 8.92. The molecule has 2 aromatic carbocycles. The lowest BCUT2D eigenvalue weighted by Crippen LogP contribution is -2.42. The van der Waals surface area contributed by atoms with E-state index in [2.05, 4.69) is 11.1 Å². The van der Waals surface area contributed by atoms with E-state index in [9.17, 15) is 9.59 Å². The molecule has 4 N–H and O–H groups in total. The standard InChI is InChI=1S/C25H31N3O4/c1-17-14-20(19-10-12-28(13-11-19)24(30)32-25(2,3)4)15-21(26)22(17)27-23(29)31-16-18-8-6-5-7-9-18/h5-10,14-15H,11-13,16,26H2,1-4H3,(H,27,29)/p+1. The summed E-state index contributed by atoms with van der Waals surface area (Å²) < 4.78 is 10.8. The molecular weight excluding hydrogens is 406 g/mol. The number of amides is 2. The van der Waals surface area contributed by atoms with Crippen molar-refractivity contribution in [2.75, 3.05) is 18.4 Å². The average molecular weight is 439 g/mol. The molecule has 2 amide bonds. The molecule has 0 saturated heterocycles. The summed E-state index contributed by atoms with van der Waals surface area (Å²) in [6, 6.07) is 13.5. The van der Waals surface area contributed by atoms with E-state index in [1.807, 2.05) is 76.2 Å². The fourth-order valence-corrected chi connectivity index (χ4v) is 3.51. The minimum Gasteiger partial charge on any atom is -0.444 e. The van der Waals surface area contributed by atoms with Crippen LogP contribution in [0.2, 0.25) is 0 Å². The number of nitrogens with zero attached hydrogens (tertiary/aromatic N) is 1. The van der Waals surface area contributed by atoms with Crippen LogP contribution in [0.4, 0.5) is 21.0 Å². The van der Waals surface area contributed by atoms with Crippen molar-refractivity contribution < 1.29 is 24.8 Å². The molecule has 1 aliphatic heterocycles. The van der Waals surface area contributed by atoms with Gasteiger partial charge in [-0.1, -0.05) is 36.4 Å². The van der Waals surface area contributed by atoms with E-state index in [0.29, 0.717) is 24.5 Å². The Bertz CT molecular complexity index is 987. The van der Waals surface area contributed by atoms with Gasteiger partial charge in [0.25, 0.3) is 0 Å². The zero-order chi connectivity index (χ0) is 23.3. The Hall–Kier alpha value is -3.32. The number of carbonyl (C=O) groups excluding carboxylic acids is 2. The molecule has 0 radical (unpaired) electrons. The van der Waals surface area contributed by atoms with Crippen molar-refractivity contribution >= 4 is 29.1 Å². The Balaban J connectivity index is 1.63. The summed E-state index contributed by atoms with van der Waals surface area (Å²) in [5.41, 5.74) is 8.99. The van der Waals surface area contributed by atoms with Gasteiger partial charge in [-0.15, -0.1) is 0 Å². The summed E-state index contributed by atoms with van der Waals surface area (Å²) in [6.45, 7) is 8.82. The molecule has 32 heavy (non-hydrogen) atoms. The van der Waals surface area contributed by atoms with Gasteiger partial charge in [-0.25, -0.2) is 9.59 Å². The Morgan fingerprint density at radius 1 is 1.16 bits per heavy atom. The van der Waals surface area contributed by atoms with Gasteiger partial charge < -0.3 is 20.1 Å². The summed E-state index contributed by atoms with van der Waals surface area (Å²) >= 11 is 0. The lowest BCUT2D eigenvalue weighted by atomic mass is 9.96. The van der Waals surface area contributed by atoms with Crippen molar-refractivity contribution in [2.45, 2.75) is 46.3 Å². The number of anilines is 1. The highest BCUT2D eigenvalue weighted by molar-refractivity contribution is 5.90. The topological polar surface area (TPSA) is 95.5 Å². The Kier molecular flexibility index (Phi) is 7.20. The molecule has 7 nitrogen and oxygen atoms in total. The van der Waals surface area contributed by atoms with Gasteiger partial charge >= 0.3 is 12.2 Å². The molecule has 0 saturated carbocycles. The smallest absolute Gasteiger partial charge is 0.412 e. The zero-order valence-corrected chi connectivity index (χ0v) is 19.2. The summed E-state index contributed by atoms with van der Waals surface area (Å²) in [7, 11) is 0. The third-order valence-corrected chi connectivity index (χ3v) is 5.09. The molecule has 0 atom stereocenters. The van der Waals surface area contributed by atoms with Gasteiger partial charge in [-0.2, -0.15) is 0 Å². The van der Waals surface area contributed by atoms with Gasteiger partial charge in [-0.3, -0.25) is 5.32 Å². The molecule has 0 aliphatic carbocycles. The van der Waals surface area contributed by atoms with E-state index in [1.165, 1.54) is 0 Å². The van der Waals surface area contributed by atoms with Crippen LogP contribution in [0.25, 0.3) is 5.57 Å². The number of benzene rings is 2. The molecular formula is C25H32N3O4+. The van der Waals surface area contributed by atoms with Crippen LogP contribution in [0.15, 0.2) is 48.5 Å². The van der Waals surface area contributed by atoms with Crippen LogP contribution in [-0.4, -0.2) is 35.8 Å². The summed E-state index contributed by atoms with van der Waals surface area (Å²) in [4.78, 5) is 26.2. The number of nitrogens with one attached hydrogen (secondary N) is 1. The SMILES string of the molecule is Cc1cc(C2=CCN(C(=O)OC(C)(C)C)CC2)cc([NH3+])c1NC(=O)OCc1ccccc1. The third kappa shape index (κ3) is 6.34. The van der Waals surface area contributed by atoms with Crippen molar-refractivity contribution in [1.29, 1.82) is 0 Å². The van der Waals surface area contributed by atoms with Crippen LogP contribution in [0.5, 0.6) is 0 Å². The largest absolute Gasteiger partial charge is 0.444 e. The maximum atomic E-state index is 12.3. The van der Waals surface area contributed by atoms with Crippen LogP contribution in [0, 0.1) is 6.92 Å². The highest BCUT2D eigenvalue weighted by Gasteiger charge is 2.24. The minimum atomic E-state index is -0.514. The van der Waals surface area contributed by atoms with Crippen molar-refractivity contribution in [3.8, 4) is 0 Å². The van der Waals surface area contributed by atoms with Crippen molar-refractivity contribution in [1.82, 2.24) is 4.90 Å². The summed E-state index contributed by atoms with van der Waals surface area (Å²) in [6.07, 6.45) is 1.96. The van der Waals surface area contributed by atoms with E-state index in [-0.39, 0.29) is 12.7 Å². The summed E-state index contributed by atoms with van der Waals surface area (Å²) in [5.74, 6) is 0. The molecule has 2 aromatic rings. The normalized spacial score (nSPS) is 13.9. The molecule has 1 heterocycles. The maximum Gasteiger partial charge on any atom is 0.412 e. The van der Waals surface area contributed by atoms with E-state index < -0.39 is 11.7 Å². The first-order chi connectivity index (χ1) is 15.1. The Morgan fingerprint density at radius 2 is 1.88 bits per heavy atom. The molecule has 170 valence electrons. The Morgan fingerprint density at radius 3 is 2.47 bits per heavy atom. The molecule has 0 bridgehead atoms. The van der Waals surface area contributed by atoms with Crippen LogP contribution in [0.1, 0.15) is 43.9 Å². The molecule has 0 aromatic heterocycles. The van der Waals surface area contributed by atoms with Gasteiger partial charge in [0, 0.05) is 19.2 Å². The van der Waals surface area contributed by atoms with Crippen molar-refractivity contribution in [2.24, 2.45) is 0 Å². The molecule has 0 spiro atoms. The predicted octanol–water partition coefficient (Wildman–Crippen LogP) is 4.64. The number of hydrogen-bond acceptors (Lipinski definition) is 4. The predicted molar refractivity (Wildman–Crippen MR) is 124 cm³/mol. The minimum absolute atomic E-state index is 0.206. The number of quaternary nitrogens is 1. The molecule has 1 aliphatic rings. The van der Waals surface area contributed by atoms with Gasteiger partial charge in [0.1, 0.15) is 17.9 Å². The number of rotatable bonds is 4. The molecule has 3 rings (SSSR count). The Labute approximate surface area is 189 Å². The number of aryl methyl sites for hydroxylation is 1. The average Bonchev–Trinajstić information content (AvgIpc) is 2.74. The second-order valence-electron chi connectivity index (χ2n) is 8.92. The van der Waals surface area contributed by atoms with Gasteiger partial charge in [0.05, 0.1) is 0 Å². The molecule has 7 heteroatoms. The summed E-state index contributed by atoms with van der Waals surface area (Å²) in [5, 5.41) is 2.81. The van der Waals surface area contributed by atoms with Crippen LogP contribution in [0.3, 0.4) is 0 Å². The van der Waals surface area contributed by atoms with E-state index in [0.717, 1.165) is 28.7 Å². The first-order valence-corrected chi connectivity index (χ1v) is 10.7. The second kappa shape index (κ2) is 9.87. The van der Waals surface area contributed by atoms with Crippen LogP contribution < -0.4 is 11.1 Å². The highest BCUT2D eigenvalue weighted by atomic mass is 16.6. The van der Waals surface area contributed by atoms with E-state index in [4.69, 9.17) is 9.47 Å². The molecule has 0 fully saturated rings. The number of ether oxygens (including phenoxy) is 2. The monoisotopic (exact) mass is 438 g/mol. The van der Waals surface area contributed by atoms with Crippen LogP contribution in [-0.2, 0) is 16.1 Å². The zero-order valence-electron chi connectivity index (χ0n) is 19.2. The van der Waals surface area contributed by atoms with E-state index in [1.54, 1.807) is 4.90 Å². The lowest BCUT2D eigenvalue weighted by Gasteiger charge is -2.29. The fourth-order valence-electron chi connectivity index (χ4n) is 3.51. The first kappa shape index (κ1) is 23.3. The maximum absolute atomic E-state index is 12.3. The lowest BCUT2D eigenvalue weighted by molar-refractivity contribution is -0.253. The van der Waals surface area contributed by atoms with Gasteiger partial charge in [-0.05, 0) is 62.4 Å². The van der Waals surface area contributed by atoms with E-state index >= 15 is 0 Å². The number of carbonyl (C=O) groups is 2. The van der Waals surface area contributed by atoms with Crippen molar-refractivity contribution in [3.63, 3.8) is 0 Å². The molecule has 0 unspecified atom stereocenters. The van der Waals surface area contributed by atoms with Gasteiger partial charge in [0.15, 0.2) is 5.69 Å². The number of hydrogen-bond donors (Lipinski definition) is 2. The quantitative estimate of drug-likeness (QED) is 0.727. The first-order valence-electron chi connectivity index (χ1n) is 10.7. The van der Waals surface area contributed by atoms with Crippen LogP contribution >= 0.6 is 0 Å². The van der Waals surface area contributed by atoms with Gasteiger partial charge in [0.2, 0.25) is 0 Å². The highest BCUT2D eigenvalue weighted by Crippen LogP contribution is 2.30. The van der Waals surface area contributed by atoms with Crippen molar-refractivity contribution in [3.05, 3.63) is 65.2 Å². The fraction of sp³-hybridized carbons (Fsp3) is 0.360. The third-order valence-electron chi connectivity index (χ3n) is 5.09.